The van der Waals surface area contributed by atoms with Crippen molar-refractivity contribution >= 4 is 11.7 Å². The number of aromatic hydroxyl groups is 1. The van der Waals surface area contributed by atoms with E-state index in [0.717, 1.165) is 23.2 Å². The summed E-state index contributed by atoms with van der Waals surface area (Å²) in [7, 11) is 0. The Bertz CT molecular complexity index is 427. The van der Waals surface area contributed by atoms with Gasteiger partial charge in [-0.05, 0) is 36.6 Å². The van der Waals surface area contributed by atoms with Crippen LogP contribution in [-0.4, -0.2) is 24.3 Å². The van der Waals surface area contributed by atoms with Gasteiger partial charge in [0.25, 0.3) is 6.02 Å². The summed E-state index contributed by atoms with van der Waals surface area (Å²) >= 11 is 0. The zero-order valence-electron chi connectivity index (χ0n) is 9.58. The van der Waals surface area contributed by atoms with Crippen molar-refractivity contribution in [3.63, 3.8) is 0 Å². The number of nitrogens with zero attached hydrogens (tertiary/aromatic N) is 1. The average Bonchev–Trinajstić information content (AvgIpc) is 2.74. The van der Waals surface area contributed by atoms with Gasteiger partial charge in [0.1, 0.15) is 12.4 Å². The van der Waals surface area contributed by atoms with E-state index in [4.69, 9.17) is 4.74 Å². The molecule has 0 spiro atoms. The van der Waals surface area contributed by atoms with E-state index in [1.807, 2.05) is 6.92 Å². The van der Waals surface area contributed by atoms with Gasteiger partial charge in [-0.3, -0.25) is 0 Å². The number of anilines is 1. The number of hydrogen-bond acceptors (Lipinski definition) is 4. The molecule has 86 valence electrons. The van der Waals surface area contributed by atoms with Crippen LogP contribution >= 0.6 is 0 Å². The topological polar surface area (TPSA) is 53.8 Å². The van der Waals surface area contributed by atoms with Gasteiger partial charge in [-0.1, -0.05) is 6.92 Å². The van der Waals surface area contributed by atoms with Crippen molar-refractivity contribution in [2.75, 3.05) is 18.5 Å². The molecule has 0 bridgehead atoms. The van der Waals surface area contributed by atoms with Gasteiger partial charge in [0.15, 0.2) is 0 Å². The van der Waals surface area contributed by atoms with Crippen molar-refractivity contribution in [1.82, 2.24) is 0 Å². The minimum Gasteiger partial charge on any atom is -0.508 e. The first-order valence-corrected chi connectivity index (χ1v) is 5.47. The van der Waals surface area contributed by atoms with Crippen molar-refractivity contribution in [3.8, 4) is 5.75 Å². The molecule has 1 aromatic carbocycles. The number of ether oxygens (including phenoxy) is 1. The van der Waals surface area contributed by atoms with Crippen molar-refractivity contribution in [2.45, 2.75) is 20.3 Å². The number of aliphatic imine (C=N–C) groups is 1. The average molecular weight is 220 g/mol. The Balaban J connectivity index is 2.31. The molecule has 1 aliphatic rings. The van der Waals surface area contributed by atoms with Gasteiger partial charge in [0.2, 0.25) is 0 Å². The molecule has 0 unspecified atom stereocenters. The second kappa shape index (κ2) is 4.43. The van der Waals surface area contributed by atoms with E-state index in [9.17, 15) is 5.11 Å². The summed E-state index contributed by atoms with van der Waals surface area (Å²) < 4.78 is 5.32. The lowest BCUT2D eigenvalue weighted by Gasteiger charge is -2.14. The second-order valence-corrected chi connectivity index (χ2v) is 3.81. The molecule has 0 atom stereocenters. The molecule has 1 heterocycles. The highest BCUT2D eigenvalue weighted by Gasteiger charge is 2.12. The van der Waals surface area contributed by atoms with Crippen LogP contribution in [0.5, 0.6) is 5.75 Å². The minimum absolute atomic E-state index is 0.300. The number of benzene rings is 1. The standard InChI is InChI=1S/C12H16N2O2/c1-3-9-7-10(15)6-8(2)11(9)14-12-13-4-5-16-12/h6-7,15H,3-5H2,1-2H3,(H,13,14). The van der Waals surface area contributed by atoms with Gasteiger partial charge >= 0.3 is 0 Å². The summed E-state index contributed by atoms with van der Waals surface area (Å²) in [5.74, 6) is 0.300. The predicted molar refractivity (Wildman–Crippen MR) is 64.1 cm³/mol. The third-order valence-corrected chi connectivity index (χ3v) is 2.60. The summed E-state index contributed by atoms with van der Waals surface area (Å²) in [5.41, 5.74) is 3.05. The Labute approximate surface area is 95.0 Å². The van der Waals surface area contributed by atoms with Crippen LogP contribution in [0, 0.1) is 6.92 Å². The Morgan fingerprint density at radius 2 is 2.31 bits per heavy atom. The summed E-state index contributed by atoms with van der Waals surface area (Å²) in [5, 5.41) is 12.7. The SMILES string of the molecule is CCc1cc(O)cc(C)c1NC1=NCCO1. The fraction of sp³-hybridized carbons (Fsp3) is 0.417. The number of phenolic OH excluding ortho intramolecular Hbond substituents is 1. The lowest BCUT2D eigenvalue weighted by atomic mass is 10.1. The summed E-state index contributed by atoms with van der Waals surface area (Å²) in [6.45, 7) is 5.36. The molecular weight excluding hydrogens is 204 g/mol. The molecule has 0 saturated heterocycles. The molecule has 2 N–H and O–H groups in total. The molecule has 4 nitrogen and oxygen atoms in total. The molecule has 1 aromatic rings. The van der Waals surface area contributed by atoms with E-state index in [1.54, 1.807) is 12.1 Å². The number of hydrogen-bond donors (Lipinski definition) is 2. The highest BCUT2D eigenvalue weighted by molar-refractivity contribution is 5.91. The highest BCUT2D eigenvalue weighted by atomic mass is 16.5. The monoisotopic (exact) mass is 220 g/mol. The van der Waals surface area contributed by atoms with Crippen LogP contribution in [0.25, 0.3) is 0 Å². The minimum atomic E-state index is 0.300. The smallest absolute Gasteiger partial charge is 0.289 e. The largest absolute Gasteiger partial charge is 0.508 e. The molecular formula is C12H16N2O2. The van der Waals surface area contributed by atoms with Crippen LogP contribution in [0.4, 0.5) is 5.69 Å². The Morgan fingerprint density at radius 1 is 1.50 bits per heavy atom. The molecule has 0 aromatic heterocycles. The molecule has 1 aliphatic heterocycles. The van der Waals surface area contributed by atoms with E-state index >= 15 is 0 Å². The quantitative estimate of drug-likeness (QED) is 0.750. The number of nitrogens with one attached hydrogen (secondary N) is 1. The molecule has 4 heteroatoms. The zero-order valence-corrected chi connectivity index (χ0v) is 9.58. The third kappa shape index (κ3) is 2.10. The zero-order chi connectivity index (χ0) is 11.5. The van der Waals surface area contributed by atoms with Gasteiger partial charge in [0, 0.05) is 5.69 Å². The van der Waals surface area contributed by atoms with E-state index in [0.29, 0.717) is 24.9 Å². The fourth-order valence-corrected chi connectivity index (χ4v) is 1.81. The van der Waals surface area contributed by atoms with Gasteiger partial charge in [-0.25, -0.2) is 4.99 Å². The van der Waals surface area contributed by atoms with Gasteiger partial charge < -0.3 is 15.2 Å². The van der Waals surface area contributed by atoms with Crippen molar-refractivity contribution in [2.24, 2.45) is 4.99 Å². The number of rotatable bonds is 2. The van der Waals surface area contributed by atoms with Crippen LogP contribution in [-0.2, 0) is 11.2 Å². The van der Waals surface area contributed by atoms with Gasteiger partial charge in [0.05, 0.1) is 6.54 Å². The first-order chi connectivity index (χ1) is 7.70. The van der Waals surface area contributed by atoms with Crippen LogP contribution in [0.1, 0.15) is 18.1 Å². The van der Waals surface area contributed by atoms with Crippen molar-refractivity contribution < 1.29 is 9.84 Å². The highest BCUT2D eigenvalue weighted by Crippen LogP contribution is 2.27. The van der Waals surface area contributed by atoms with Crippen LogP contribution in [0.15, 0.2) is 17.1 Å². The maximum atomic E-state index is 9.52. The Kier molecular flexibility index (Phi) is 2.99. The lowest BCUT2D eigenvalue weighted by Crippen LogP contribution is -2.14. The maximum Gasteiger partial charge on any atom is 0.289 e. The lowest BCUT2D eigenvalue weighted by molar-refractivity contribution is 0.346. The Morgan fingerprint density at radius 3 is 2.94 bits per heavy atom. The normalized spacial score (nSPS) is 14.5. The van der Waals surface area contributed by atoms with Crippen LogP contribution in [0.2, 0.25) is 0 Å². The van der Waals surface area contributed by atoms with E-state index in [-0.39, 0.29) is 0 Å². The summed E-state index contributed by atoms with van der Waals surface area (Å²) in [4.78, 5) is 4.19. The van der Waals surface area contributed by atoms with Crippen LogP contribution in [0.3, 0.4) is 0 Å². The number of aryl methyl sites for hydroxylation is 2. The molecule has 0 aliphatic carbocycles. The summed E-state index contributed by atoms with van der Waals surface area (Å²) in [6, 6.07) is 4.07. The maximum absolute atomic E-state index is 9.52. The molecule has 0 amide bonds. The van der Waals surface area contributed by atoms with Crippen molar-refractivity contribution in [1.29, 1.82) is 0 Å². The van der Waals surface area contributed by atoms with Crippen molar-refractivity contribution in [3.05, 3.63) is 23.3 Å². The second-order valence-electron chi connectivity index (χ2n) is 3.81. The third-order valence-electron chi connectivity index (χ3n) is 2.60. The number of phenols is 1. The van der Waals surface area contributed by atoms with Crippen LogP contribution < -0.4 is 5.32 Å². The van der Waals surface area contributed by atoms with E-state index in [2.05, 4.69) is 17.2 Å². The van der Waals surface area contributed by atoms with E-state index < -0.39 is 0 Å². The first-order valence-electron chi connectivity index (χ1n) is 5.47. The molecule has 0 saturated carbocycles. The number of amidine groups is 1. The first kappa shape index (κ1) is 10.8. The predicted octanol–water partition coefficient (Wildman–Crippen LogP) is 2.06. The molecule has 16 heavy (non-hydrogen) atoms. The fourth-order valence-electron chi connectivity index (χ4n) is 1.81. The molecule has 0 fully saturated rings. The molecule has 0 radical (unpaired) electrons. The van der Waals surface area contributed by atoms with E-state index in [1.165, 1.54) is 0 Å². The molecule has 2 rings (SSSR count). The Hall–Kier alpha value is -1.71. The summed E-state index contributed by atoms with van der Waals surface area (Å²) in [6.07, 6.45) is 0.852. The van der Waals surface area contributed by atoms with Gasteiger partial charge in [-0.15, -0.1) is 0 Å². The van der Waals surface area contributed by atoms with Gasteiger partial charge in [-0.2, -0.15) is 0 Å².